The number of hydrogen-bond donors (Lipinski definition) is 1. The minimum atomic E-state index is -4.12. The molecule has 0 saturated carbocycles. The van der Waals surface area contributed by atoms with Crippen LogP contribution in [0.1, 0.15) is 16.1 Å². The summed E-state index contributed by atoms with van der Waals surface area (Å²) < 4.78 is 60.2. The Morgan fingerprint density at radius 2 is 1.88 bits per heavy atom. The minimum absolute atomic E-state index is 0.179. The van der Waals surface area contributed by atoms with Crippen LogP contribution >= 0.6 is 11.3 Å². The van der Waals surface area contributed by atoms with Gasteiger partial charge in [0.2, 0.25) is 0 Å². The molecule has 4 rings (SSSR count). The van der Waals surface area contributed by atoms with E-state index in [0.717, 1.165) is 23.1 Å². The van der Waals surface area contributed by atoms with Gasteiger partial charge in [-0.2, -0.15) is 14.0 Å². The van der Waals surface area contributed by atoms with Gasteiger partial charge in [0, 0.05) is 22.6 Å². The Hall–Kier alpha value is -3.69. The number of aromatic nitrogens is 5. The lowest BCUT2D eigenvalue weighted by atomic mass is 9.86. The Labute approximate surface area is 182 Å². The molecule has 0 bridgehead atoms. The third kappa shape index (κ3) is 3.72. The van der Waals surface area contributed by atoms with E-state index >= 15 is 8.78 Å². The van der Waals surface area contributed by atoms with Gasteiger partial charge in [0.1, 0.15) is 18.0 Å². The summed E-state index contributed by atoms with van der Waals surface area (Å²) in [5, 5.41) is 30.7. The summed E-state index contributed by atoms with van der Waals surface area (Å²) in [5.41, 5.74) is -3.00. The van der Waals surface area contributed by atoms with Gasteiger partial charge in [-0.3, -0.25) is 0 Å². The minimum Gasteiger partial charge on any atom is -0.377 e. The molecule has 1 N–H and O–H groups in total. The van der Waals surface area contributed by atoms with Gasteiger partial charge < -0.3 is 5.11 Å². The van der Waals surface area contributed by atoms with Crippen LogP contribution in [0.5, 0.6) is 0 Å². The highest BCUT2D eigenvalue weighted by molar-refractivity contribution is 7.10. The van der Waals surface area contributed by atoms with Crippen molar-refractivity contribution in [1.29, 1.82) is 5.26 Å². The van der Waals surface area contributed by atoms with Gasteiger partial charge in [-0.25, -0.2) is 18.4 Å². The first kappa shape index (κ1) is 21.5. The summed E-state index contributed by atoms with van der Waals surface area (Å²) in [6.45, 7) is -0.929. The van der Waals surface area contributed by atoms with Crippen LogP contribution in [0.15, 0.2) is 54.2 Å². The van der Waals surface area contributed by atoms with Crippen LogP contribution in [0.25, 0.3) is 11.3 Å². The molecule has 162 valence electrons. The quantitative estimate of drug-likeness (QED) is 0.441. The van der Waals surface area contributed by atoms with Gasteiger partial charge in [-0.15, -0.1) is 16.4 Å². The predicted molar refractivity (Wildman–Crippen MR) is 104 cm³/mol. The van der Waals surface area contributed by atoms with E-state index in [1.807, 2.05) is 6.07 Å². The molecule has 0 saturated heterocycles. The summed E-state index contributed by atoms with van der Waals surface area (Å²) >= 11 is 0.561. The molecule has 32 heavy (non-hydrogen) atoms. The van der Waals surface area contributed by atoms with Crippen LogP contribution in [0, 0.1) is 23.0 Å². The highest BCUT2D eigenvalue weighted by Crippen LogP contribution is 2.48. The van der Waals surface area contributed by atoms with Crippen molar-refractivity contribution in [2.24, 2.45) is 0 Å². The third-order valence-electron chi connectivity index (χ3n) is 4.76. The maximum Gasteiger partial charge on any atom is 0.332 e. The van der Waals surface area contributed by atoms with Gasteiger partial charge in [-0.05, 0) is 34.7 Å². The Morgan fingerprint density at radius 3 is 2.50 bits per heavy atom. The average molecular weight is 460 g/mol. The second-order valence-electron chi connectivity index (χ2n) is 6.79. The lowest BCUT2D eigenvalue weighted by Crippen LogP contribution is -2.47. The van der Waals surface area contributed by atoms with Crippen LogP contribution in [-0.2, 0) is 18.1 Å². The van der Waals surface area contributed by atoms with Crippen molar-refractivity contribution in [3.05, 3.63) is 81.9 Å². The highest BCUT2D eigenvalue weighted by atomic mass is 32.1. The van der Waals surface area contributed by atoms with Gasteiger partial charge >= 0.3 is 5.92 Å². The summed E-state index contributed by atoms with van der Waals surface area (Å²) in [6.07, 6.45) is 0.979. The van der Waals surface area contributed by atoms with Crippen molar-refractivity contribution >= 4 is 11.3 Å². The molecule has 2 aromatic heterocycles. The number of halogens is 4. The van der Waals surface area contributed by atoms with E-state index in [9.17, 15) is 13.9 Å². The van der Waals surface area contributed by atoms with E-state index in [0.29, 0.717) is 28.5 Å². The molecular weight excluding hydrogens is 448 g/mol. The Kier molecular flexibility index (Phi) is 5.45. The summed E-state index contributed by atoms with van der Waals surface area (Å²) in [7, 11) is 0. The first-order chi connectivity index (χ1) is 15.2. The van der Waals surface area contributed by atoms with Crippen molar-refractivity contribution in [3.63, 3.8) is 0 Å². The molecule has 1 unspecified atom stereocenters. The lowest BCUT2D eigenvalue weighted by molar-refractivity contribution is -0.205. The standard InChI is InChI=1S/C20H12F4N6OS/c21-14-5-6-15(16(22)7-14)19(31,10-30-11-26-28-29-30)20(23,24)18-27-17(9-32-18)13-3-1-12(8-25)2-4-13/h1-7,9,11,31H,10H2. The van der Waals surface area contributed by atoms with E-state index in [2.05, 4.69) is 20.5 Å². The molecule has 1 atom stereocenters. The molecule has 0 fully saturated rings. The van der Waals surface area contributed by atoms with Gasteiger partial charge in [0.25, 0.3) is 0 Å². The average Bonchev–Trinajstić information content (AvgIpc) is 3.46. The van der Waals surface area contributed by atoms with Crippen LogP contribution < -0.4 is 0 Å². The molecule has 0 aliphatic heterocycles. The smallest absolute Gasteiger partial charge is 0.332 e. The van der Waals surface area contributed by atoms with Crippen molar-refractivity contribution in [1.82, 2.24) is 25.2 Å². The maximum absolute atomic E-state index is 15.7. The summed E-state index contributed by atoms with van der Waals surface area (Å²) in [4.78, 5) is 3.94. The van der Waals surface area contributed by atoms with Crippen molar-refractivity contribution in [2.75, 3.05) is 0 Å². The topological polar surface area (TPSA) is 101 Å². The molecule has 0 radical (unpaired) electrons. The van der Waals surface area contributed by atoms with Crippen molar-refractivity contribution in [2.45, 2.75) is 18.1 Å². The largest absolute Gasteiger partial charge is 0.377 e. The number of rotatable bonds is 6. The Morgan fingerprint density at radius 1 is 1.12 bits per heavy atom. The molecule has 4 aromatic rings. The zero-order valence-electron chi connectivity index (χ0n) is 16.0. The number of hydrogen-bond acceptors (Lipinski definition) is 7. The lowest BCUT2D eigenvalue weighted by Gasteiger charge is -2.34. The monoisotopic (exact) mass is 460 g/mol. The fraction of sp³-hybridized carbons (Fsp3) is 0.150. The van der Waals surface area contributed by atoms with Gasteiger partial charge in [0.05, 0.1) is 23.9 Å². The van der Waals surface area contributed by atoms with Crippen LogP contribution in [-0.4, -0.2) is 30.3 Å². The normalized spacial score (nSPS) is 13.5. The van der Waals surface area contributed by atoms with Gasteiger partial charge in [-0.1, -0.05) is 12.1 Å². The highest BCUT2D eigenvalue weighted by Gasteiger charge is 2.58. The Bertz CT molecular complexity index is 1290. The number of nitriles is 1. The molecule has 0 aliphatic carbocycles. The van der Waals surface area contributed by atoms with Crippen molar-refractivity contribution < 1.29 is 22.7 Å². The molecule has 0 aliphatic rings. The zero-order valence-corrected chi connectivity index (χ0v) is 16.8. The fourth-order valence-electron chi connectivity index (χ4n) is 3.11. The van der Waals surface area contributed by atoms with Crippen LogP contribution in [0.4, 0.5) is 17.6 Å². The molecule has 2 heterocycles. The van der Waals surface area contributed by atoms with Crippen molar-refractivity contribution in [3.8, 4) is 17.3 Å². The van der Waals surface area contributed by atoms with E-state index in [1.54, 1.807) is 12.1 Å². The number of benzene rings is 2. The summed E-state index contributed by atoms with van der Waals surface area (Å²) in [6, 6.07) is 9.97. The SMILES string of the molecule is N#Cc1ccc(-c2csc(C(F)(F)C(O)(Cn3cnnn3)c3ccc(F)cc3F)n2)cc1. The molecule has 7 nitrogen and oxygen atoms in total. The van der Waals surface area contributed by atoms with E-state index in [4.69, 9.17) is 5.26 Å². The fourth-order valence-corrected chi connectivity index (χ4v) is 3.99. The number of thiazole rings is 1. The maximum atomic E-state index is 15.7. The second-order valence-corrected chi connectivity index (χ2v) is 7.65. The van der Waals surface area contributed by atoms with Crippen LogP contribution in [0.2, 0.25) is 0 Å². The molecule has 2 aromatic carbocycles. The number of nitrogens with zero attached hydrogens (tertiary/aromatic N) is 6. The van der Waals surface area contributed by atoms with Gasteiger partial charge in [0.15, 0.2) is 10.6 Å². The van der Waals surface area contributed by atoms with Crippen LogP contribution in [0.3, 0.4) is 0 Å². The number of aliphatic hydroxyl groups is 1. The summed E-state index contributed by atoms with van der Waals surface area (Å²) in [5.74, 6) is -6.46. The van der Waals surface area contributed by atoms with E-state index in [-0.39, 0.29) is 5.69 Å². The third-order valence-corrected chi connectivity index (χ3v) is 5.67. The van der Waals surface area contributed by atoms with E-state index in [1.165, 1.54) is 17.5 Å². The Balaban J connectivity index is 1.79. The van der Waals surface area contributed by atoms with E-state index < -0.39 is 40.3 Å². The molecule has 0 spiro atoms. The molecular formula is C20H12F4N6OS. The second kappa shape index (κ2) is 8.10. The first-order valence-corrected chi connectivity index (χ1v) is 9.85. The predicted octanol–water partition coefficient (Wildman–Crippen LogP) is 3.63. The number of alkyl halides is 2. The molecule has 0 amide bonds. The number of tetrazole rings is 1. The zero-order chi connectivity index (χ0) is 22.9. The first-order valence-electron chi connectivity index (χ1n) is 8.97. The molecule has 12 heteroatoms.